The molecule has 0 radical (unpaired) electrons. The Kier molecular flexibility index (Phi) is 12.1. The second-order valence-corrected chi connectivity index (χ2v) is 18.0. The molecule has 0 saturated carbocycles. The van der Waals surface area contributed by atoms with Crippen LogP contribution in [0.25, 0.3) is 36.5 Å². The Labute approximate surface area is 334 Å². The Morgan fingerprint density at radius 3 is 0.536 bits per heavy atom. The normalized spacial score (nSPS) is 11.7. The van der Waals surface area contributed by atoms with Gasteiger partial charge in [-0.15, -0.1) is 0 Å². The van der Waals surface area contributed by atoms with Gasteiger partial charge in [0.15, 0.2) is 0 Å². The lowest BCUT2D eigenvalue weighted by molar-refractivity contribution is 1.61. The molecular formula is C54H42P2. The number of benzene rings is 8. The highest BCUT2D eigenvalue weighted by atomic mass is 31.1. The fourth-order valence-electron chi connectivity index (χ4n) is 6.69. The maximum atomic E-state index is 2.29. The van der Waals surface area contributed by atoms with Gasteiger partial charge in [-0.1, -0.05) is 255 Å². The lowest BCUT2D eigenvalue weighted by Gasteiger charge is -2.19. The van der Waals surface area contributed by atoms with Crippen molar-refractivity contribution in [3.05, 3.63) is 252 Å². The molecule has 0 aliphatic carbocycles. The van der Waals surface area contributed by atoms with Crippen LogP contribution in [0.5, 0.6) is 0 Å². The molecule has 8 aromatic rings. The molecule has 0 spiro atoms. The quantitative estimate of drug-likeness (QED) is 0.0861. The summed E-state index contributed by atoms with van der Waals surface area (Å²) in [6.45, 7) is 0. The van der Waals surface area contributed by atoms with Crippen molar-refractivity contribution in [2.24, 2.45) is 0 Å². The first kappa shape index (κ1) is 36.8. The van der Waals surface area contributed by atoms with E-state index in [2.05, 4.69) is 255 Å². The van der Waals surface area contributed by atoms with E-state index in [1.165, 1.54) is 65.2 Å². The van der Waals surface area contributed by atoms with Gasteiger partial charge in [0, 0.05) is 0 Å². The van der Waals surface area contributed by atoms with Gasteiger partial charge < -0.3 is 0 Å². The molecule has 0 nitrogen and oxygen atoms in total. The van der Waals surface area contributed by atoms with E-state index in [4.69, 9.17) is 0 Å². The molecule has 0 atom stereocenters. The third-order valence-electron chi connectivity index (χ3n) is 9.64. The zero-order chi connectivity index (χ0) is 37.8. The van der Waals surface area contributed by atoms with E-state index in [0.29, 0.717) is 0 Å². The third kappa shape index (κ3) is 9.55. The van der Waals surface area contributed by atoms with Crippen LogP contribution >= 0.6 is 15.8 Å². The zero-order valence-electron chi connectivity index (χ0n) is 31.1. The summed E-state index contributed by atoms with van der Waals surface area (Å²) in [4.78, 5) is 0. The topological polar surface area (TPSA) is 0 Å². The molecule has 0 amide bonds. The highest BCUT2D eigenvalue weighted by Crippen LogP contribution is 2.34. The van der Waals surface area contributed by atoms with E-state index < -0.39 is 15.8 Å². The van der Waals surface area contributed by atoms with Gasteiger partial charge in [-0.3, -0.25) is 0 Å². The summed E-state index contributed by atoms with van der Waals surface area (Å²) in [6, 6.07) is 78.9. The van der Waals surface area contributed by atoms with Crippen LogP contribution in [0.2, 0.25) is 0 Å². The van der Waals surface area contributed by atoms with Gasteiger partial charge in [-0.2, -0.15) is 0 Å². The minimum atomic E-state index is -0.596. The first-order valence-corrected chi connectivity index (χ1v) is 21.7. The lowest BCUT2D eigenvalue weighted by atomic mass is 10.1. The standard InChI is InChI=1S/C54H42P2/c1-5-13-49(14-6-1)55(50-15-7-2-8-16-50)53-39-35-47(36-40-53)33-31-45-27-23-43(24-28-45)21-22-44-25-29-46(30-26-44)32-34-48-37-41-54(42-38-48)56(51-17-9-3-10-18-51)52-19-11-4-12-20-52/h1-42H/b22-21-,33-31-,34-32+. The van der Waals surface area contributed by atoms with Crippen molar-refractivity contribution < 1.29 is 0 Å². The predicted molar refractivity (Wildman–Crippen MR) is 250 cm³/mol. The molecule has 0 heterocycles. The van der Waals surface area contributed by atoms with Gasteiger partial charge in [0.05, 0.1) is 0 Å². The number of rotatable bonds is 12. The monoisotopic (exact) mass is 752 g/mol. The van der Waals surface area contributed by atoms with Crippen LogP contribution in [-0.2, 0) is 0 Å². The van der Waals surface area contributed by atoms with E-state index in [0.717, 1.165) is 0 Å². The number of hydrogen-bond acceptors (Lipinski definition) is 0. The van der Waals surface area contributed by atoms with Gasteiger partial charge in [0.25, 0.3) is 0 Å². The molecular weight excluding hydrogens is 711 g/mol. The summed E-state index contributed by atoms with van der Waals surface area (Å²) in [5, 5.41) is 8.18. The zero-order valence-corrected chi connectivity index (χ0v) is 32.9. The van der Waals surface area contributed by atoms with Crippen LogP contribution in [0, 0.1) is 0 Å². The molecule has 0 unspecified atom stereocenters. The molecule has 2 heteroatoms. The predicted octanol–water partition coefficient (Wildman–Crippen LogP) is 11.7. The second kappa shape index (κ2) is 18.4. The van der Waals surface area contributed by atoms with Gasteiger partial charge >= 0.3 is 0 Å². The average molecular weight is 753 g/mol. The Hall–Kier alpha value is -6.16. The van der Waals surface area contributed by atoms with Crippen molar-refractivity contribution >= 4 is 84.1 Å². The highest BCUT2D eigenvalue weighted by Gasteiger charge is 2.17. The molecule has 0 aliphatic heterocycles. The van der Waals surface area contributed by atoms with Gasteiger partial charge in [0.1, 0.15) is 0 Å². The fourth-order valence-corrected chi connectivity index (χ4v) is 11.2. The molecule has 56 heavy (non-hydrogen) atoms. The van der Waals surface area contributed by atoms with Crippen molar-refractivity contribution in [3.63, 3.8) is 0 Å². The summed E-state index contributed by atoms with van der Waals surface area (Å²) in [6.07, 6.45) is 13.1. The Morgan fingerprint density at radius 1 is 0.179 bits per heavy atom. The summed E-state index contributed by atoms with van der Waals surface area (Å²) < 4.78 is 0. The highest BCUT2D eigenvalue weighted by molar-refractivity contribution is 7.80. The van der Waals surface area contributed by atoms with Crippen LogP contribution in [0.15, 0.2) is 218 Å². The van der Waals surface area contributed by atoms with Crippen LogP contribution in [0.4, 0.5) is 0 Å². The van der Waals surface area contributed by atoms with Crippen LogP contribution in [0.3, 0.4) is 0 Å². The molecule has 268 valence electrons. The van der Waals surface area contributed by atoms with Gasteiger partial charge in [0.2, 0.25) is 0 Å². The third-order valence-corrected chi connectivity index (χ3v) is 14.5. The van der Waals surface area contributed by atoms with Crippen molar-refractivity contribution in [3.8, 4) is 0 Å². The van der Waals surface area contributed by atoms with E-state index >= 15 is 0 Å². The molecule has 8 rings (SSSR count). The number of hydrogen-bond donors (Lipinski definition) is 0. The summed E-state index contributed by atoms with van der Waals surface area (Å²) in [5.74, 6) is 0. The van der Waals surface area contributed by atoms with Crippen LogP contribution < -0.4 is 31.8 Å². The fraction of sp³-hybridized carbons (Fsp3) is 0. The van der Waals surface area contributed by atoms with Crippen LogP contribution in [0.1, 0.15) is 33.4 Å². The molecule has 0 aromatic heterocycles. The van der Waals surface area contributed by atoms with Crippen molar-refractivity contribution in [2.45, 2.75) is 0 Å². The molecule has 0 fully saturated rings. The van der Waals surface area contributed by atoms with Crippen molar-refractivity contribution in [1.29, 1.82) is 0 Å². The summed E-state index contributed by atoms with van der Waals surface area (Å²) in [5.41, 5.74) is 7.11. The van der Waals surface area contributed by atoms with Gasteiger partial charge in [-0.25, -0.2) is 0 Å². The largest absolute Gasteiger partial charge is 0.0622 e. The Balaban J connectivity index is 0.869. The van der Waals surface area contributed by atoms with E-state index in [-0.39, 0.29) is 0 Å². The first-order valence-electron chi connectivity index (χ1n) is 19.0. The lowest BCUT2D eigenvalue weighted by Crippen LogP contribution is -2.20. The van der Waals surface area contributed by atoms with E-state index in [9.17, 15) is 0 Å². The maximum Gasteiger partial charge on any atom is -0.0134 e. The molecule has 0 N–H and O–H groups in total. The molecule has 8 aromatic carbocycles. The smallest absolute Gasteiger partial charge is 0.0134 e. The first-order chi connectivity index (χ1) is 27.7. The Bertz CT molecular complexity index is 2240. The van der Waals surface area contributed by atoms with Crippen molar-refractivity contribution in [1.82, 2.24) is 0 Å². The average Bonchev–Trinajstić information content (AvgIpc) is 3.27. The van der Waals surface area contributed by atoms with E-state index in [1.54, 1.807) is 0 Å². The van der Waals surface area contributed by atoms with Crippen LogP contribution in [-0.4, -0.2) is 0 Å². The van der Waals surface area contributed by atoms with Gasteiger partial charge in [-0.05, 0) is 81.1 Å². The minimum Gasteiger partial charge on any atom is -0.0622 e. The minimum absolute atomic E-state index is 0.596. The maximum absolute atomic E-state index is 2.29. The SMILES string of the molecule is C(=C/c1ccc(/C=C/c2ccc(P(c3ccccc3)c3ccccc3)cc2)cc1)/c1ccc(/C=C\c2ccc(P(c3ccccc3)c3ccccc3)cc2)cc1. The molecule has 0 aliphatic rings. The van der Waals surface area contributed by atoms with E-state index in [1.807, 2.05) is 0 Å². The van der Waals surface area contributed by atoms with Crippen molar-refractivity contribution in [2.75, 3.05) is 0 Å². The molecule has 0 saturated heterocycles. The summed E-state index contributed by atoms with van der Waals surface area (Å²) in [7, 11) is -1.19. The Morgan fingerprint density at radius 2 is 0.339 bits per heavy atom. The summed E-state index contributed by atoms with van der Waals surface area (Å²) >= 11 is 0. The second-order valence-electron chi connectivity index (χ2n) is 13.5. The molecule has 0 bridgehead atoms.